The lowest BCUT2D eigenvalue weighted by Gasteiger charge is -2.31. The van der Waals surface area contributed by atoms with Crippen LogP contribution in [-0.4, -0.2) is 29.3 Å². The molecular weight excluding hydrogens is 396 g/mol. The van der Waals surface area contributed by atoms with Crippen LogP contribution in [0.5, 0.6) is 0 Å². The Hall–Kier alpha value is -2.33. The van der Waals surface area contributed by atoms with Crippen LogP contribution >= 0.6 is 11.6 Å². The number of hydrogen-bond donors (Lipinski definition) is 1. The topological polar surface area (TPSA) is 49.4 Å². The molecule has 0 unspecified atom stereocenters. The van der Waals surface area contributed by atoms with Crippen LogP contribution in [0.1, 0.15) is 55.4 Å². The van der Waals surface area contributed by atoms with Gasteiger partial charge in [0.25, 0.3) is 0 Å². The Morgan fingerprint density at radius 3 is 2.20 bits per heavy atom. The highest BCUT2D eigenvalue weighted by Crippen LogP contribution is 2.18. The third-order valence-corrected chi connectivity index (χ3v) is 5.37. The van der Waals surface area contributed by atoms with Gasteiger partial charge in [-0.15, -0.1) is 0 Å². The Kier molecular flexibility index (Phi) is 9.38. The van der Waals surface area contributed by atoms with Gasteiger partial charge in [0, 0.05) is 18.1 Å². The minimum Gasteiger partial charge on any atom is -0.354 e. The van der Waals surface area contributed by atoms with Crippen molar-refractivity contribution in [3.63, 3.8) is 0 Å². The van der Waals surface area contributed by atoms with Crippen LogP contribution in [0.15, 0.2) is 42.5 Å². The molecule has 2 rings (SSSR count). The molecule has 4 nitrogen and oxygen atoms in total. The second-order valence-electron chi connectivity index (χ2n) is 7.89. The van der Waals surface area contributed by atoms with E-state index < -0.39 is 6.04 Å². The number of carbonyl (C=O) groups is 2. The van der Waals surface area contributed by atoms with Gasteiger partial charge in [-0.05, 0) is 49.9 Å². The molecule has 1 N–H and O–H groups in total. The lowest BCUT2D eigenvalue weighted by Crippen LogP contribution is -2.49. The van der Waals surface area contributed by atoms with Gasteiger partial charge in [-0.25, -0.2) is 0 Å². The van der Waals surface area contributed by atoms with Gasteiger partial charge in [0.05, 0.1) is 6.42 Å². The lowest BCUT2D eigenvalue weighted by atomic mass is 10.0. The van der Waals surface area contributed by atoms with Gasteiger partial charge in [0.2, 0.25) is 11.8 Å². The van der Waals surface area contributed by atoms with Crippen molar-refractivity contribution in [1.29, 1.82) is 0 Å². The Bertz CT molecular complexity index is 828. The fourth-order valence-corrected chi connectivity index (χ4v) is 3.79. The summed E-state index contributed by atoms with van der Waals surface area (Å²) in [5.41, 5.74) is 4.19. The van der Waals surface area contributed by atoms with Gasteiger partial charge >= 0.3 is 0 Å². The molecule has 2 amide bonds. The van der Waals surface area contributed by atoms with Gasteiger partial charge in [-0.3, -0.25) is 9.59 Å². The van der Waals surface area contributed by atoms with Gasteiger partial charge in [0.15, 0.2) is 0 Å². The van der Waals surface area contributed by atoms with Crippen LogP contribution in [0.4, 0.5) is 0 Å². The SMILES string of the molecule is CCCCNC(=O)[C@H](CC)N(Cc1ccc(Cl)cc1)C(=O)Cc1cc(C)cc(C)c1. The Morgan fingerprint density at radius 2 is 1.63 bits per heavy atom. The number of benzene rings is 2. The maximum Gasteiger partial charge on any atom is 0.242 e. The number of aryl methyl sites for hydroxylation is 2. The molecule has 1 atom stereocenters. The molecule has 0 radical (unpaired) electrons. The van der Waals surface area contributed by atoms with Crippen LogP contribution in [0.3, 0.4) is 0 Å². The predicted octanol–water partition coefficient (Wildman–Crippen LogP) is 5.22. The minimum absolute atomic E-state index is 0.0487. The van der Waals surface area contributed by atoms with Crippen molar-refractivity contribution in [3.8, 4) is 0 Å². The fourth-order valence-electron chi connectivity index (χ4n) is 3.66. The normalized spacial score (nSPS) is 11.8. The summed E-state index contributed by atoms with van der Waals surface area (Å²) >= 11 is 6.01. The number of nitrogens with one attached hydrogen (secondary N) is 1. The van der Waals surface area contributed by atoms with Crippen molar-refractivity contribution in [2.45, 2.75) is 66.0 Å². The van der Waals surface area contributed by atoms with E-state index in [1.54, 1.807) is 4.90 Å². The number of carbonyl (C=O) groups excluding carboxylic acids is 2. The molecule has 0 fully saturated rings. The maximum absolute atomic E-state index is 13.4. The van der Waals surface area contributed by atoms with E-state index in [4.69, 9.17) is 11.6 Å². The molecule has 0 heterocycles. The highest BCUT2D eigenvalue weighted by atomic mass is 35.5. The molecule has 0 spiro atoms. The summed E-state index contributed by atoms with van der Waals surface area (Å²) in [5.74, 6) is -0.138. The van der Waals surface area contributed by atoms with Crippen molar-refractivity contribution in [2.75, 3.05) is 6.54 Å². The van der Waals surface area contributed by atoms with E-state index in [0.717, 1.165) is 35.1 Å². The molecule has 0 saturated carbocycles. The first-order valence-electron chi connectivity index (χ1n) is 10.7. The summed E-state index contributed by atoms with van der Waals surface area (Å²) in [6.07, 6.45) is 2.77. The zero-order valence-electron chi connectivity index (χ0n) is 18.5. The van der Waals surface area contributed by atoms with Gasteiger partial charge in [-0.1, -0.05) is 73.3 Å². The summed E-state index contributed by atoms with van der Waals surface area (Å²) in [4.78, 5) is 27.9. The van der Waals surface area contributed by atoms with Gasteiger partial charge < -0.3 is 10.2 Å². The van der Waals surface area contributed by atoms with Crippen LogP contribution in [0.2, 0.25) is 5.02 Å². The summed E-state index contributed by atoms with van der Waals surface area (Å²) in [6, 6.07) is 13.1. The van der Waals surface area contributed by atoms with E-state index in [1.807, 2.05) is 57.2 Å². The Morgan fingerprint density at radius 1 is 1.00 bits per heavy atom. The number of rotatable bonds is 10. The third-order valence-electron chi connectivity index (χ3n) is 5.12. The molecule has 0 aliphatic rings. The number of halogens is 1. The summed E-state index contributed by atoms with van der Waals surface area (Å²) in [6.45, 7) is 9.10. The third kappa shape index (κ3) is 7.17. The van der Waals surface area contributed by atoms with Crippen LogP contribution in [0, 0.1) is 13.8 Å². The van der Waals surface area contributed by atoms with Crippen molar-refractivity contribution in [2.24, 2.45) is 0 Å². The van der Waals surface area contributed by atoms with Crippen molar-refractivity contribution in [1.82, 2.24) is 10.2 Å². The molecule has 162 valence electrons. The minimum atomic E-state index is -0.504. The van der Waals surface area contributed by atoms with Gasteiger partial charge in [0.1, 0.15) is 6.04 Å². The average molecular weight is 429 g/mol. The second kappa shape index (κ2) is 11.8. The summed E-state index contributed by atoms with van der Waals surface area (Å²) < 4.78 is 0. The highest BCUT2D eigenvalue weighted by molar-refractivity contribution is 6.30. The Labute approximate surface area is 185 Å². The number of hydrogen-bond acceptors (Lipinski definition) is 2. The molecule has 30 heavy (non-hydrogen) atoms. The standard InChI is InChI=1S/C25H33ClN2O2/c1-5-7-12-27-25(30)23(6-2)28(17-20-8-10-22(26)11-9-20)24(29)16-21-14-18(3)13-19(4)15-21/h8-11,13-15,23H,5-7,12,16-17H2,1-4H3,(H,27,30)/t23-/m0/s1. The first-order valence-corrected chi connectivity index (χ1v) is 11.1. The van der Waals surface area contributed by atoms with Crippen molar-refractivity contribution >= 4 is 23.4 Å². The molecule has 5 heteroatoms. The maximum atomic E-state index is 13.4. The molecule has 0 aliphatic carbocycles. The molecule has 0 aromatic heterocycles. The first kappa shape index (κ1) is 23.9. The fraction of sp³-hybridized carbons (Fsp3) is 0.440. The summed E-state index contributed by atoms with van der Waals surface area (Å²) in [7, 11) is 0. The quantitative estimate of drug-likeness (QED) is 0.527. The van der Waals surface area contributed by atoms with Crippen LogP contribution < -0.4 is 5.32 Å². The number of amides is 2. The largest absolute Gasteiger partial charge is 0.354 e. The zero-order valence-corrected chi connectivity index (χ0v) is 19.3. The van der Waals surface area contributed by atoms with Crippen LogP contribution in [0.25, 0.3) is 0 Å². The smallest absolute Gasteiger partial charge is 0.242 e. The molecule has 2 aromatic rings. The lowest BCUT2D eigenvalue weighted by molar-refractivity contribution is -0.140. The zero-order chi connectivity index (χ0) is 22.1. The highest BCUT2D eigenvalue weighted by Gasteiger charge is 2.28. The van der Waals surface area contributed by atoms with E-state index in [0.29, 0.717) is 24.5 Å². The van der Waals surface area contributed by atoms with Gasteiger partial charge in [-0.2, -0.15) is 0 Å². The van der Waals surface area contributed by atoms with E-state index in [9.17, 15) is 9.59 Å². The molecule has 0 saturated heterocycles. The van der Waals surface area contributed by atoms with E-state index >= 15 is 0 Å². The van der Waals surface area contributed by atoms with Crippen LogP contribution in [-0.2, 0) is 22.6 Å². The van der Waals surface area contributed by atoms with Crippen molar-refractivity contribution < 1.29 is 9.59 Å². The summed E-state index contributed by atoms with van der Waals surface area (Å²) in [5, 5.41) is 3.64. The molecular formula is C25H33ClN2O2. The Balaban J connectivity index is 2.26. The molecule has 0 bridgehead atoms. The second-order valence-corrected chi connectivity index (χ2v) is 8.33. The monoisotopic (exact) mass is 428 g/mol. The average Bonchev–Trinajstić information content (AvgIpc) is 2.68. The first-order chi connectivity index (χ1) is 14.3. The van der Waals surface area contributed by atoms with E-state index in [2.05, 4.69) is 18.3 Å². The van der Waals surface area contributed by atoms with Crippen molar-refractivity contribution in [3.05, 3.63) is 69.7 Å². The predicted molar refractivity (Wildman–Crippen MR) is 124 cm³/mol. The number of nitrogens with zero attached hydrogens (tertiary/aromatic N) is 1. The number of unbranched alkanes of at least 4 members (excludes halogenated alkanes) is 1. The molecule has 2 aromatic carbocycles. The molecule has 0 aliphatic heterocycles. The van der Waals surface area contributed by atoms with E-state index in [1.165, 1.54) is 0 Å². The van der Waals surface area contributed by atoms with E-state index in [-0.39, 0.29) is 18.2 Å².